The van der Waals surface area contributed by atoms with Gasteiger partial charge in [-0.1, -0.05) is 12.8 Å². The minimum absolute atomic E-state index is 0.220. The van der Waals surface area contributed by atoms with Crippen LogP contribution in [0.15, 0.2) is 17.5 Å². The van der Waals surface area contributed by atoms with Crippen molar-refractivity contribution in [3.8, 4) is 0 Å². The van der Waals surface area contributed by atoms with Crippen molar-refractivity contribution < 1.29 is 14.7 Å². The van der Waals surface area contributed by atoms with Gasteiger partial charge in [0.25, 0.3) is 0 Å². The van der Waals surface area contributed by atoms with Gasteiger partial charge in [0.2, 0.25) is 5.91 Å². The summed E-state index contributed by atoms with van der Waals surface area (Å²) in [5, 5.41) is 14.3. The molecule has 114 valence electrons. The second-order valence-corrected chi connectivity index (χ2v) is 6.78. The average molecular weight is 307 g/mol. The zero-order valence-corrected chi connectivity index (χ0v) is 13.2. The number of hydrogen-bond acceptors (Lipinski definition) is 3. The fraction of sp³-hybridized carbons (Fsp3) is 0.500. The van der Waals surface area contributed by atoms with Crippen LogP contribution in [0.25, 0.3) is 6.08 Å². The van der Waals surface area contributed by atoms with Gasteiger partial charge >= 0.3 is 5.97 Å². The molecule has 2 unspecified atom stereocenters. The molecular formula is C16H21NO3S. The number of aliphatic carboxylic acids is 1. The first-order valence-electron chi connectivity index (χ1n) is 7.19. The SMILES string of the molecule is Cc1ccsc1/C=C/C(=O)NC1CCCCC1(C)C(=O)O. The number of amides is 1. The third kappa shape index (κ3) is 3.53. The van der Waals surface area contributed by atoms with E-state index in [4.69, 9.17) is 0 Å². The Morgan fingerprint density at radius 2 is 2.24 bits per heavy atom. The molecule has 1 fully saturated rings. The molecule has 1 aliphatic carbocycles. The molecule has 0 spiro atoms. The third-order valence-electron chi connectivity index (χ3n) is 4.30. The number of carboxylic acid groups (broad SMARTS) is 1. The summed E-state index contributed by atoms with van der Waals surface area (Å²) in [4.78, 5) is 24.6. The highest BCUT2D eigenvalue weighted by Gasteiger charge is 2.43. The maximum Gasteiger partial charge on any atom is 0.311 e. The molecule has 21 heavy (non-hydrogen) atoms. The summed E-state index contributed by atoms with van der Waals surface area (Å²) in [5.74, 6) is -1.05. The summed E-state index contributed by atoms with van der Waals surface area (Å²) >= 11 is 1.58. The van der Waals surface area contributed by atoms with Gasteiger partial charge in [-0.3, -0.25) is 9.59 Å². The van der Waals surface area contributed by atoms with Crippen LogP contribution in [0.3, 0.4) is 0 Å². The van der Waals surface area contributed by atoms with Crippen LogP contribution in [0, 0.1) is 12.3 Å². The largest absolute Gasteiger partial charge is 0.481 e. The van der Waals surface area contributed by atoms with Crippen LogP contribution in [0.5, 0.6) is 0 Å². The first-order valence-corrected chi connectivity index (χ1v) is 8.07. The average Bonchev–Trinajstić information content (AvgIpc) is 2.84. The molecule has 1 amide bonds. The van der Waals surface area contributed by atoms with Crippen molar-refractivity contribution in [3.05, 3.63) is 28.0 Å². The molecule has 0 bridgehead atoms. The molecule has 5 heteroatoms. The summed E-state index contributed by atoms with van der Waals surface area (Å²) in [6.45, 7) is 3.73. The van der Waals surface area contributed by atoms with Crippen LogP contribution in [-0.4, -0.2) is 23.0 Å². The lowest BCUT2D eigenvalue weighted by Crippen LogP contribution is -2.51. The number of hydrogen-bond donors (Lipinski definition) is 2. The van der Waals surface area contributed by atoms with Gasteiger partial charge in [0, 0.05) is 17.0 Å². The summed E-state index contributed by atoms with van der Waals surface area (Å²) in [5.41, 5.74) is 0.276. The smallest absolute Gasteiger partial charge is 0.311 e. The van der Waals surface area contributed by atoms with E-state index in [1.54, 1.807) is 24.3 Å². The lowest BCUT2D eigenvalue weighted by atomic mass is 9.71. The Morgan fingerprint density at radius 3 is 2.86 bits per heavy atom. The van der Waals surface area contributed by atoms with Crippen molar-refractivity contribution in [1.29, 1.82) is 0 Å². The number of thiophene rings is 1. The van der Waals surface area contributed by atoms with E-state index in [-0.39, 0.29) is 11.9 Å². The van der Waals surface area contributed by atoms with Gasteiger partial charge in [0.05, 0.1) is 5.41 Å². The van der Waals surface area contributed by atoms with Gasteiger partial charge in [0.1, 0.15) is 0 Å². The molecular weight excluding hydrogens is 286 g/mol. The summed E-state index contributed by atoms with van der Waals surface area (Å²) in [6, 6.07) is 1.70. The highest BCUT2D eigenvalue weighted by atomic mass is 32.1. The summed E-state index contributed by atoms with van der Waals surface area (Å²) < 4.78 is 0. The van der Waals surface area contributed by atoms with Gasteiger partial charge in [-0.05, 0) is 49.8 Å². The topological polar surface area (TPSA) is 66.4 Å². The van der Waals surface area contributed by atoms with E-state index >= 15 is 0 Å². The predicted octanol–water partition coefficient (Wildman–Crippen LogP) is 3.22. The molecule has 4 nitrogen and oxygen atoms in total. The zero-order chi connectivity index (χ0) is 15.5. The Bertz CT molecular complexity index is 564. The van der Waals surface area contributed by atoms with Gasteiger partial charge in [-0.15, -0.1) is 11.3 Å². The monoisotopic (exact) mass is 307 g/mol. The number of carbonyl (C=O) groups is 2. The van der Waals surface area contributed by atoms with Crippen molar-refractivity contribution in [2.24, 2.45) is 5.41 Å². The molecule has 1 aromatic rings. The first-order chi connectivity index (χ1) is 9.93. The summed E-state index contributed by atoms with van der Waals surface area (Å²) in [7, 11) is 0. The zero-order valence-electron chi connectivity index (χ0n) is 12.4. The van der Waals surface area contributed by atoms with Crippen molar-refractivity contribution in [2.75, 3.05) is 0 Å². The van der Waals surface area contributed by atoms with Crippen molar-refractivity contribution >= 4 is 29.3 Å². The minimum atomic E-state index is -0.861. The van der Waals surface area contributed by atoms with Crippen LogP contribution < -0.4 is 5.32 Å². The van der Waals surface area contributed by atoms with Crippen LogP contribution in [-0.2, 0) is 9.59 Å². The van der Waals surface area contributed by atoms with E-state index in [0.29, 0.717) is 6.42 Å². The van der Waals surface area contributed by atoms with Crippen LogP contribution in [0.4, 0.5) is 0 Å². The van der Waals surface area contributed by atoms with Crippen LogP contribution in [0.2, 0.25) is 0 Å². The Kier molecular flexibility index (Phi) is 4.83. The van der Waals surface area contributed by atoms with Crippen molar-refractivity contribution in [2.45, 2.75) is 45.6 Å². The second kappa shape index (κ2) is 6.43. The molecule has 1 saturated carbocycles. The molecule has 0 aromatic carbocycles. The Labute approximate surface area is 128 Å². The van der Waals surface area contributed by atoms with E-state index in [1.807, 2.05) is 18.4 Å². The highest BCUT2D eigenvalue weighted by Crippen LogP contribution is 2.36. The second-order valence-electron chi connectivity index (χ2n) is 5.83. The quantitative estimate of drug-likeness (QED) is 0.839. The minimum Gasteiger partial charge on any atom is -0.481 e. The van der Waals surface area contributed by atoms with Gasteiger partial charge < -0.3 is 10.4 Å². The van der Waals surface area contributed by atoms with E-state index < -0.39 is 11.4 Å². The lowest BCUT2D eigenvalue weighted by Gasteiger charge is -2.38. The highest BCUT2D eigenvalue weighted by molar-refractivity contribution is 7.11. The van der Waals surface area contributed by atoms with Gasteiger partial charge in [-0.25, -0.2) is 0 Å². The molecule has 1 aromatic heterocycles. The third-order valence-corrected chi connectivity index (χ3v) is 5.29. The molecule has 0 aliphatic heterocycles. The predicted molar refractivity (Wildman–Crippen MR) is 84.2 cm³/mol. The van der Waals surface area contributed by atoms with E-state index in [0.717, 1.165) is 29.7 Å². The van der Waals surface area contributed by atoms with Crippen LogP contribution >= 0.6 is 11.3 Å². The lowest BCUT2D eigenvalue weighted by molar-refractivity contribution is -0.151. The Hall–Kier alpha value is -1.62. The maximum atomic E-state index is 12.0. The normalized spacial score (nSPS) is 25.9. The van der Waals surface area contributed by atoms with E-state index in [2.05, 4.69) is 5.32 Å². The fourth-order valence-corrected chi connectivity index (χ4v) is 3.57. The maximum absolute atomic E-state index is 12.0. The van der Waals surface area contributed by atoms with Crippen molar-refractivity contribution in [1.82, 2.24) is 5.32 Å². The standard InChI is InChI=1S/C16H21NO3S/c1-11-8-10-21-12(11)6-7-14(18)17-13-5-3-4-9-16(13,2)15(19)20/h6-8,10,13H,3-5,9H2,1-2H3,(H,17,18)(H,19,20)/b7-6+. The number of carbonyl (C=O) groups excluding carboxylic acids is 1. The molecule has 2 rings (SSSR count). The Balaban J connectivity index is 2.02. The molecule has 0 radical (unpaired) electrons. The molecule has 1 heterocycles. The first kappa shape index (κ1) is 15.8. The van der Waals surface area contributed by atoms with Crippen LogP contribution in [0.1, 0.15) is 43.0 Å². The molecule has 0 saturated heterocycles. The van der Waals surface area contributed by atoms with Gasteiger partial charge in [0.15, 0.2) is 0 Å². The van der Waals surface area contributed by atoms with E-state index in [9.17, 15) is 14.7 Å². The van der Waals surface area contributed by atoms with Crippen molar-refractivity contribution in [3.63, 3.8) is 0 Å². The van der Waals surface area contributed by atoms with Gasteiger partial charge in [-0.2, -0.15) is 0 Å². The number of rotatable bonds is 4. The summed E-state index contributed by atoms with van der Waals surface area (Å²) in [6.07, 6.45) is 6.48. The number of carboxylic acids is 1. The van der Waals surface area contributed by atoms with E-state index in [1.165, 1.54) is 6.08 Å². The number of nitrogens with one attached hydrogen (secondary N) is 1. The molecule has 1 aliphatic rings. The number of aryl methyl sites for hydroxylation is 1. The Morgan fingerprint density at radius 1 is 1.48 bits per heavy atom. The fourth-order valence-electron chi connectivity index (χ4n) is 2.75. The molecule has 2 N–H and O–H groups in total. The molecule has 2 atom stereocenters.